The molecule has 0 radical (unpaired) electrons. The van der Waals surface area contributed by atoms with Crippen molar-refractivity contribution in [3.63, 3.8) is 0 Å². The van der Waals surface area contributed by atoms with E-state index in [9.17, 15) is 20.2 Å². The normalized spacial score (nSPS) is 11.3. The molecule has 2 aromatic carbocycles. The van der Waals surface area contributed by atoms with Crippen LogP contribution in [-0.4, -0.2) is 9.90 Å². The quantitative estimate of drug-likeness (QED) is 0.394. The van der Waals surface area contributed by atoms with Crippen molar-refractivity contribution in [3.8, 4) is 5.75 Å². The first-order chi connectivity index (χ1) is 11.0. The molecule has 0 saturated heterocycles. The van der Waals surface area contributed by atoms with Gasteiger partial charge in [0.15, 0.2) is 5.43 Å². The second-order valence-corrected chi connectivity index (χ2v) is 5.61. The SMILES string of the molecule is Cc1cc(O)c2c3c(=O)c4ccccc4c(=O)c=3c(=[N+]=[N-])c2c1. The number of nitrogens with zero attached hydrogens (tertiary/aromatic N) is 2. The Kier molecular flexibility index (Phi) is 2.53. The predicted octanol–water partition coefficient (Wildman–Crippen LogP) is 1.46. The lowest BCUT2D eigenvalue weighted by Gasteiger charge is -1.98. The van der Waals surface area contributed by atoms with E-state index in [1.165, 1.54) is 6.07 Å². The Morgan fingerprint density at radius 3 is 2.17 bits per heavy atom. The number of hydrogen-bond donors (Lipinski definition) is 1. The van der Waals surface area contributed by atoms with Crippen LogP contribution in [-0.2, 0) is 0 Å². The minimum Gasteiger partial charge on any atom is -0.507 e. The predicted molar refractivity (Wildman–Crippen MR) is 84.8 cm³/mol. The molecule has 2 aromatic rings. The number of rotatable bonds is 0. The maximum absolute atomic E-state index is 12.8. The van der Waals surface area contributed by atoms with Crippen LogP contribution in [0.25, 0.3) is 27.1 Å². The van der Waals surface area contributed by atoms with Crippen molar-refractivity contribution in [1.29, 1.82) is 0 Å². The molecule has 2 aliphatic rings. The first-order valence-corrected chi connectivity index (χ1v) is 7.04. The van der Waals surface area contributed by atoms with Crippen LogP contribution >= 0.6 is 0 Å². The van der Waals surface area contributed by atoms with Gasteiger partial charge in [0.25, 0.3) is 0 Å². The van der Waals surface area contributed by atoms with Crippen LogP contribution < -0.4 is 16.2 Å². The molecule has 1 N–H and O–H groups in total. The summed E-state index contributed by atoms with van der Waals surface area (Å²) in [7, 11) is 0. The van der Waals surface area contributed by atoms with Gasteiger partial charge in [-0.05, 0) is 24.6 Å². The first-order valence-electron chi connectivity index (χ1n) is 7.04. The van der Waals surface area contributed by atoms with Gasteiger partial charge in [-0.3, -0.25) is 9.59 Å². The van der Waals surface area contributed by atoms with Gasteiger partial charge in [-0.15, -0.1) is 0 Å². The molecular weight excluding hydrogens is 292 g/mol. The lowest BCUT2D eigenvalue weighted by atomic mass is 10.1. The Balaban J connectivity index is 2.63. The molecule has 0 atom stereocenters. The number of aryl methyl sites for hydroxylation is 1. The van der Waals surface area contributed by atoms with E-state index >= 15 is 0 Å². The van der Waals surface area contributed by atoms with Crippen molar-refractivity contribution in [1.82, 2.24) is 0 Å². The van der Waals surface area contributed by atoms with Gasteiger partial charge in [0.05, 0.1) is 10.6 Å². The van der Waals surface area contributed by atoms with Gasteiger partial charge in [-0.25, -0.2) is 0 Å². The average Bonchev–Trinajstić information content (AvgIpc) is 2.87. The standard InChI is InChI=1S/C18H10N2O3/c1-8-6-11-13(12(21)7-8)14-15(16(11)20-19)18(23)10-5-3-2-4-9(10)17(14)22/h2-7,21H,1H3. The summed E-state index contributed by atoms with van der Waals surface area (Å²) >= 11 is 0. The molecule has 5 heteroatoms. The van der Waals surface area contributed by atoms with Crippen molar-refractivity contribution >= 4 is 21.5 Å². The summed E-state index contributed by atoms with van der Waals surface area (Å²) in [4.78, 5) is 28.9. The fourth-order valence-corrected chi connectivity index (χ4v) is 3.30. The van der Waals surface area contributed by atoms with Gasteiger partial charge in [-0.1, -0.05) is 24.3 Å². The van der Waals surface area contributed by atoms with Gasteiger partial charge in [0, 0.05) is 16.2 Å². The third kappa shape index (κ3) is 1.57. The van der Waals surface area contributed by atoms with Gasteiger partial charge in [-0.2, -0.15) is 4.79 Å². The van der Waals surface area contributed by atoms with Crippen LogP contribution in [0.2, 0.25) is 0 Å². The Morgan fingerprint density at radius 1 is 0.957 bits per heavy atom. The molecule has 0 heterocycles. The van der Waals surface area contributed by atoms with Crippen molar-refractivity contribution in [2.75, 3.05) is 0 Å². The second kappa shape index (κ2) is 4.35. The van der Waals surface area contributed by atoms with E-state index in [-0.39, 0.29) is 43.2 Å². The van der Waals surface area contributed by atoms with Crippen molar-refractivity contribution in [2.24, 2.45) is 0 Å². The second-order valence-electron chi connectivity index (χ2n) is 5.61. The maximum Gasteiger partial charge on any atom is 0.335 e. The lowest BCUT2D eigenvalue weighted by Crippen LogP contribution is -2.19. The number of aromatic hydroxyl groups is 1. The summed E-state index contributed by atoms with van der Waals surface area (Å²) in [5.74, 6) is -0.105. The number of hydrogen-bond acceptors (Lipinski definition) is 3. The Hall–Kier alpha value is -3.30. The Bertz CT molecular complexity index is 1370. The van der Waals surface area contributed by atoms with Crippen molar-refractivity contribution < 1.29 is 9.90 Å². The zero-order valence-electron chi connectivity index (χ0n) is 12.1. The molecule has 0 fully saturated rings. The maximum atomic E-state index is 12.8. The van der Waals surface area contributed by atoms with Crippen LogP contribution in [0.1, 0.15) is 5.56 Å². The number of phenolic OH excluding ortho intramolecular Hbond substituents is 1. The molecule has 0 unspecified atom stereocenters. The lowest BCUT2D eigenvalue weighted by molar-refractivity contribution is -0.0635. The summed E-state index contributed by atoms with van der Waals surface area (Å²) < 4.78 is 0. The molecule has 23 heavy (non-hydrogen) atoms. The zero-order valence-corrected chi connectivity index (χ0v) is 12.1. The smallest absolute Gasteiger partial charge is 0.335 e. The molecular formula is C18H10N2O3. The van der Waals surface area contributed by atoms with E-state index in [1.807, 2.05) is 0 Å². The highest BCUT2D eigenvalue weighted by Gasteiger charge is 2.21. The van der Waals surface area contributed by atoms with Gasteiger partial charge >= 0.3 is 5.36 Å². The van der Waals surface area contributed by atoms with Crippen LogP contribution in [0, 0.1) is 17.4 Å². The molecule has 110 valence electrons. The van der Waals surface area contributed by atoms with E-state index < -0.39 is 0 Å². The summed E-state index contributed by atoms with van der Waals surface area (Å²) in [6, 6.07) is 9.72. The van der Waals surface area contributed by atoms with Crippen LogP contribution in [0.3, 0.4) is 0 Å². The molecule has 0 aromatic heterocycles. The minimum absolute atomic E-state index is 0.0295. The van der Waals surface area contributed by atoms with Crippen molar-refractivity contribution in [3.05, 3.63) is 83.7 Å². The largest absolute Gasteiger partial charge is 0.507 e. The third-order valence-corrected chi connectivity index (χ3v) is 4.22. The topological polar surface area (TPSA) is 90.8 Å². The molecule has 0 spiro atoms. The highest BCUT2D eigenvalue weighted by atomic mass is 16.3. The number of fused-ring (bicyclic) bond motifs is 3. The van der Waals surface area contributed by atoms with Gasteiger partial charge in [0.2, 0.25) is 5.43 Å². The molecule has 0 aliphatic heterocycles. The minimum atomic E-state index is -0.378. The molecule has 5 nitrogen and oxygen atoms in total. The molecule has 0 saturated carbocycles. The van der Waals surface area contributed by atoms with Crippen LogP contribution in [0.4, 0.5) is 0 Å². The summed E-state index contributed by atoms with van der Waals surface area (Å²) in [5, 5.41) is 11.7. The fraction of sp³-hybridized carbons (Fsp3) is 0.0556. The third-order valence-electron chi connectivity index (χ3n) is 4.22. The zero-order chi connectivity index (χ0) is 16.3. The first kappa shape index (κ1) is 13.4. The van der Waals surface area contributed by atoms with Gasteiger partial charge in [0.1, 0.15) is 11.0 Å². The van der Waals surface area contributed by atoms with Crippen LogP contribution in [0.15, 0.2) is 46.0 Å². The summed E-state index contributed by atoms with van der Waals surface area (Å²) in [6.07, 6.45) is 0. The molecule has 0 bridgehead atoms. The fourth-order valence-electron chi connectivity index (χ4n) is 3.30. The van der Waals surface area contributed by atoms with E-state index in [4.69, 9.17) is 0 Å². The number of phenols is 1. The number of benzene rings is 2. The summed E-state index contributed by atoms with van der Waals surface area (Å²) in [5.41, 5.74) is 9.40. The monoisotopic (exact) mass is 302 g/mol. The Morgan fingerprint density at radius 2 is 1.57 bits per heavy atom. The van der Waals surface area contributed by atoms with Gasteiger partial charge < -0.3 is 10.6 Å². The van der Waals surface area contributed by atoms with E-state index in [0.29, 0.717) is 10.8 Å². The molecule has 0 amide bonds. The average molecular weight is 302 g/mol. The molecule has 2 aliphatic carbocycles. The van der Waals surface area contributed by atoms with E-state index in [1.54, 1.807) is 37.3 Å². The Labute approximate surface area is 128 Å². The highest BCUT2D eigenvalue weighted by molar-refractivity contribution is 5.93. The van der Waals surface area contributed by atoms with E-state index in [2.05, 4.69) is 4.79 Å². The molecule has 4 rings (SSSR count). The van der Waals surface area contributed by atoms with Crippen molar-refractivity contribution in [2.45, 2.75) is 6.92 Å². The van der Waals surface area contributed by atoms with Crippen LogP contribution in [0.5, 0.6) is 5.75 Å². The summed E-state index contributed by atoms with van der Waals surface area (Å²) in [6.45, 7) is 1.77. The van der Waals surface area contributed by atoms with E-state index in [0.717, 1.165) is 5.56 Å². The highest BCUT2D eigenvalue weighted by Crippen LogP contribution is 2.26.